The van der Waals surface area contributed by atoms with Gasteiger partial charge < -0.3 is 14.5 Å². The monoisotopic (exact) mass is 368 g/mol. The molecule has 1 amide bonds. The zero-order valence-electron chi connectivity index (χ0n) is 14.9. The molecule has 2 aliphatic heterocycles. The lowest BCUT2D eigenvalue weighted by atomic mass is 9.80. The van der Waals surface area contributed by atoms with E-state index in [4.69, 9.17) is 9.72 Å². The third-order valence-corrected chi connectivity index (χ3v) is 5.73. The van der Waals surface area contributed by atoms with Crippen LogP contribution in [0.2, 0.25) is 0 Å². The lowest BCUT2D eigenvalue weighted by molar-refractivity contribution is -0.130. The molecule has 1 aromatic heterocycles. The van der Waals surface area contributed by atoms with Crippen LogP contribution >= 0.6 is 0 Å². The summed E-state index contributed by atoms with van der Waals surface area (Å²) in [6.07, 6.45) is 3.73. The molecule has 138 valence electrons. The Morgan fingerprint density at radius 3 is 2.88 bits per heavy atom. The highest BCUT2D eigenvalue weighted by Gasteiger charge is 2.46. The van der Waals surface area contributed by atoms with E-state index in [0.717, 1.165) is 23.9 Å². The van der Waals surface area contributed by atoms with Crippen LogP contribution in [0.1, 0.15) is 24.1 Å². The molecular formula is C16H24N4O4S. The molecule has 0 aliphatic carbocycles. The smallest absolute Gasteiger partial charge is 0.225 e. The average Bonchev–Trinajstić information content (AvgIpc) is 2.97. The van der Waals surface area contributed by atoms with Gasteiger partial charge in [0.2, 0.25) is 11.9 Å². The molecule has 1 saturated heterocycles. The predicted molar refractivity (Wildman–Crippen MR) is 93.2 cm³/mol. The largest absolute Gasteiger partial charge is 0.376 e. The number of likely N-dealkylation sites (tertiary alicyclic amines) is 1. The Morgan fingerprint density at radius 2 is 2.20 bits per heavy atom. The highest BCUT2D eigenvalue weighted by Crippen LogP contribution is 2.39. The lowest BCUT2D eigenvalue weighted by Gasteiger charge is -2.34. The topological polar surface area (TPSA) is 92.7 Å². The molecule has 2 aliphatic rings. The second-order valence-corrected chi connectivity index (χ2v) is 9.42. The molecule has 0 radical (unpaired) electrons. The van der Waals surface area contributed by atoms with E-state index in [1.54, 1.807) is 11.1 Å². The van der Waals surface area contributed by atoms with Crippen molar-refractivity contribution in [3.8, 4) is 0 Å². The Balaban J connectivity index is 1.81. The maximum absolute atomic E-state index is 12.4. The first-order valence-corrected chi connectivity index (χ1v) is 10.3. The Bertz CT molecular complexity index is 780. The van der Waals surface area contributed by atoms with Crippen molar-refractivity contribution in [2.45, 2.75) is 24.9 Å². The minimum atomic E-state index is -3.14. The van der Waals surface area contributed by atoms with Crippen molar-refractivity contribution in [1.82, 2.24) is 14.9 Å². The lowest BCUT2D eigenvalue weighted by Crippen LogP contribution is -2.42. The number of hydrogen-bond acceptors (Lipinski definition) is 7. The highest BCUT2D eigenvalue weighted by molar-refractivity contribution is 7.90. The fraction of sp³-hybridized carbons (Fsp3) is 0.688. The maximum atomic E-state index is 12.4. The Morgan fingerprint density at radius 1 is 1.44 bits per heavy atom. The highest BCUT2D eigenvalue weighted by atomic mass is 32.2. The molecule has 3 rings (SSSR count). The number of rotatable bonds is 4. The third-order valence-electron chi connectivity index (χ3n) is 4.78. The number of carbonyl (C=O) groups excluding carboxylic acids is 1. The van der Waals surface area contributed by atoms with Crippen LogP contribution in [-0.4, -0.2) is 75.0 Å². The first kappa shape index (κ1) is 18.1. The van der Waals surface area contributed by atoms with Gasteiger partial charge in [-0.2, -0.15) is 0 Å². The minimum Gasteiger partial charge on any atom is -0.376 e. The van der Waals surface area contributed by atoms with E-state index >= 15 is 0 Å². The van der Waals surface area contributed by atoms with Crippen LogP contribution in [0, 0.1) is 0 Å². The zero-order valence-corrected chi connectivity index (χ0v) is 15.7. The molecule has 3 heterocycles. The number of aromatic nitrogens is 2. The maximum Gasteiger partial charge on any atom is 0.225 e. The van der Waals surface area contributed by atoms with Crippen LogP contribution in [0.5, 0.6) is 0 Å². The van der Waals surface area contributed by atoms with Crippen LogP contribution in [0.15, 0.2) is 6.20 Å². The van der Waals surface area contributed by atoms with E-state index in [0.29, 0.717) is 32.3 Å². The van der Waals surface area contributed by atoms with E-state index in [1.807, 2.05) is 19.0 Å². The molecule has 0 aromatic carbocycles. The number of amides is 1. The summed E-state index contributed by atoms with van der Waals surface area (Å²) in [5.74, 6) is 0.397. The zero-order chi connectivity index (χ0) is 18.2. The molecule has 0 unspecified atom stereocenters. The molecule has 9 heteroatoms. The number of sulfone groups is 1. The molecule has 1 spiro atoms. The Hall–Kier alpha value is -1.74. The van der Waals surface area contributed by atoms with E-state index in [1.165, 1.54) is 0 Å². The molecule has 1 aromatic rings. The van der Waals surface area contributed by atoms with Gasteiger partial charge in [0.25, 0.3) is 0 Å². The van der Waals surface area contributed by atoms with Crippen molar-refractivity contribution >= 4 is 21.7 Å². The van der Waals surface area contributed by atoms with Gasteiger partial charge >= 0.3 is 0 Å². The predicted octanol–water partition coefficient (Wildman–Crippen LogP) is -0.0224. The SMILES string of the molecule is CN(C)c1ncc2c(n1)[C@]1(CCN(C(=O)CCS(C)(=O)=O)C1)COC2. The number of carbonyl (C=O) groups is 1. The van der Waals surface area contributed by atoms with E-state index < -0.39 is 9.84 Å². The summed E-state index contributed by atoms with van der Waals surface area (Å²) in [5.41, 5.74) is 1.58. The molecule has 25 heavy (non-hydrogen) atoms. The number of ether oxygens (including phenoxy) is 1. The summed E-state index contributed by atoms with van der Waals surface area (Å²) >= 11 is 0. The normalized spacial score (nSPS) is 22.9. The van der Waals surface area contributed by atoms with Crippen LogP contribution in [0.3, 0.4) is 0 Å². The van der Waals surface area contributed by atoms with Gasteiger partial charge in [0.15, 0.2) is 0 Å². The van der Waals surface area contributed by atoms with Crippen molar-refractivity contribution in [3.05, 3.63) is 17.5 Å². The van der Waals surface area contributed by atoms with Gasteiger partial charge in [-0.1, -0.05) is 0 Å². The van der Waals surface area contributed by atoms with Crippen molar-refractivity contribution in [1.29, 1.82) is 0 Å². The van der Waals surface area contributed by atoms with Crippen molar-refractivity contribution in [2.24, 2.45) is 0 Å². The van der Waals surface area contributed by atoms with Crippen LogP contribution < -0.4 is 4.90 Å². The van der Waals surface area contributed by atoms with E-state index in [-0.39, 0.29) is 23.5 Å². The van der Waals surface area contributed by atoms with E-state index in [2.05, 4.69) is 4.98 Å². The molecule has 0 N–H and O–H groups in total. The molecule has 1 fully saturated rings. The number of nitrogens with zero attached hydrogens (tertiary/aromatic N) is 4. The van der Waals surface area contributed by atoms with Gasteiger partial charge in [-0.25, -0.2) is 18.4 Å². The molecular weight excluding hydrogens is 344 g/mol. The first-order chi connectivity index (χ1) is 11.7. The Labute approximate surface area is 148 Å². The molecule has 1 atom stereocenters. The summed E-state index contributed by atoms with van der Waals surface area (Å²) in [5, 5.41) is 0. The fourth-order valence-corrected chi connectivity index (χ4v) is 3.98. The van der Waals surface area contributed by atoms with Crippen LogP contribution in [0.25, 0.3) is 0 Å². The minimum absolute atomic E-state index is 0.0232. The van der Waals surface area contributed by atoms with Crippen molar-refractivity contribution < 1.29 is 17.9 Å². The van der Waals surface area contributed by atoms with Gasteiger partial charge in [0, 0.05) is 51.6 Å². The first-order valence-electron chi connectivity index (χ1n) is 8.27. The summed E-state index contributed by atoms with van der Waals surface area (Å²) in [6, 6.07) is 0. The molecule has 0 bridgehead atoms. The van der Waals surface area contributed by atoms with Crippen LogP contribution in [-0.2, 0) is 31.4 Å². The summed E-state index contributed by atoms with van der Waals surface area (Å²) in [7, 11) is 0.640. The molecule has 0 saturated carbocycles. The number of hydrogen-bond donors (Lipinski definition) is 0. The third kappa shape index (κ3) is 3.77. The standard InChI is InChI=1S/C16H24N4O4S/c1-19(2)15-17-8-12-9-24-11-16(14(12)18-15)5-6-20(10-16)13(21)4-7-25(3,22)23/h8H,4-7,9-11H2,1-3H3/t16-/m0/s1. The second-order valence-electron chi connectivity index (χ2n) is 7.16. The summed E-state index contributed by atoms with van der Waals surface area (Å²) in [6.45, 7) is 2.09. The van der Waals surface area contributed by atoms with Gasteiger partial charge in [-0.3, -0.25) is 4.79 Å². The quantitative estimate of drug-likeness (QED) is 0.737. The van der Waals surface area contributed by atoms with Crippen molar-refractivity contribution in [3.63, 3.8) is 0 Å². The van der Waals surface area contributed by atoms with Crippen LogP contribution in [0.4, 0.5) is 5.95 Å². The molecule has 8 nitrogen and oxygen atoms in total. The van der Waals surface area contributed by atoms with E-state index in [9.17, 15) is 13.2 Å². The summed E-state index contributed by atoms with van der Waals surface area (Å²) < 4.78 is 28.3. The average molecular weight is 368 g/mol. The number of anilines is 1. The van der Waals surface area contributed by atoms with Gasteiger partial charge in [-0.05, 0) is 6.42 Å². The van der Waals surface area contributed by atoms with Gasteiger partial charge in [0.1, 0.15) is 9.84 Å². The van der Waals surface area contributed by atoms with Gasteiger partial charge in [-0.15, -0.1) is 0 Å². The Kier molecular flexibility index (Phi) is 4.72. The van der Waals surface area contributed by atoms with Gasteiger partial charge in [0.05, 0.1) is 30.1 Å². The number of fused-ring (bicyclic) bond motifs is 2. The second kappa shape index (κ2) is 6.53. The van der Waals surface area contributed by atoms with Crippen molar-refractivity contribution in [2.75, 3.05) is 50.7 Å². The fourth-order valence-electron chi connectivity index (χ4n) is 3.43. The summed E-state index contributed by atoms with van der Waals surface area (Å²) in [4.78, 5) is 25.0.